The first kappa shape index (κ1) is 19.5. The molecule has 2 rings (SSSR count). The maximum Gasteiger partial charge on any atom is 0.242 e. The van der Waals surface area contributed by atoms with Crippen LogP contribution in [0.4, 0.5) is 0 Å². The lowest BCUT2D eigenvalue weighted by atomic mass is 10.2. The Kier molecular flexibility index (Phi) is 8.01. The van der Waals surface area contributed by atoms with Gasteiger partial charge in [0.1, 0.15) is 12.3 Å². The summed E-state index contributed by atoms with van der Waals surface area (Å²) in [6, 6.07) is 3.62. The average Bonchev–Trinajstić information content (AvgIpc) is 3.28. The average molecular weight is 369 g/mol. The Morgan fingerprint density at radius 2 is 2.20 bits per heavy atom. The van der Waals surface area contributed by atoms with Gasteiger partial charge in [0.2, 0.25) is 11.8 Å². The number of carbonyl (C=O) groups is 2. The molecule has 0 saturated carbocycles. The highest BCUT2D eigenvalue weighted by atomic mass is 35.5. The van der Waals surface area contributed by atoms with Crippen LogP contribution in [0.2, 0.25) is 0 Å². The smallest absolute Gasteiger partial charge is 0.242 e. The van der Waals surface area contributed by atoms with Crippen molar-refractivity contribution in [2.24, 2.45) is 0 Å². The van der Waals surface area contributed by atoms with Crippen LogP contribution in [0.25, 0.3) is 0 Å². The maximum atomic E-state index is 12.8. The van der Waals surface area contributed by atoms with E-state index in [4.69, 9.17) is 20.8 Å². The second kappa shape index (κ2) is 10.3. The van der Waals surface area contributed by atoms with Crippen LogP contribution in [0.5, 0.6) is 0 Å². The van der Waals surface area contributed by atoms with E-state index in [1.807, 2.05) is 6.07 Å². The number of furan rings is 1. The van der Waals surface area contributed by atoms with Crippen molar-refractivity contribution in [1.29, 1.82) is 0 Å². The van der Waals surface area contributed by atoms with Crippen LogP contribution >= 0.6 is 11.6 Å². The molecule has 0 aromatic carbocycles. The first-order valence-electron chi connectivity index (χ1n) is 8.50. The third-order valence-electron chi connectivity index (χ3n) is 4.06. The molecule has 138 valence electrons. The molecule has 2 heterocycles. The minimum absolute atomic E-state index is 0.00479. The predicted molar refractivity (Wildman–Crippen MR) is 95.2 cm³/mol. The van der Waals surface area contributed by atoms with Crippen LogP contribution in [-0.2, 0) is 20.9 Å². The first-order valence-corrected chi connectivity index (χ1v) is 9.04. The van der Waals surface area contributed by atoms with E-state index in [1.165, 1.54) is 4.90 Å². The van der Waals surface area contributed by atoms with Crippen LogP contribution in [0.3, 0.4) is 0 Å². The maximum absolute atomic E-state index is 12.8. The molecule has 7 heteroatoms. The van der Waals surface area contributed by atoms with Gasteiger partial charge in [-0.3, -0.25) is 9.59 Å². The summed E-state index contributed by atoms with van der Waals surface area (Å²) in [6.07, 6.45) is 5.36. The minimum atomic E-state index is -0.154. The van der Waals surface area contributed by atoms with E-state index < -0.39 is 0 Å². The largest absolute Gasteiger partial charge is 0.467 e. The second-order valence-corrected chi connectivity index (χ2v) is 6.37. The molecule has 1 aromatic rings. The molecule has 2 amide bonds. The van der Waals surface area contributed by atoms with E-state index in [9.17, 15) is 9.59 Å². The Labute approximate surface area is 153 Å². The molecule has 1 atom stereocenters. The summed E-state index contributed by atoms with van der Waals surface area (Å²) in [6.45, 7) is 5.54. The van der Waals surface area contributed by atoms with Gasteiger partial charge in [-0.15, -0.1) is 18.2 Å². The summed E-state index contributed by atoms with van der Waals surface area (Å²) in [7, 11) is 0. The molecular weight excluding hydrogens is 344 g/mol. The van der Waals surface area contributed by atoms with Crippen molar-refractivity contribution >= 4 is 23.4 Å². The summed E-state index contributed by atoms with van der Waals surface area (Å²) in [4.78, 5) is 28.1. The van der Waals surface area contributed by atoms with Gasteiger partial charge in [-0.05, 0) is 25.0 Å². The number of alkyl halides is 1. The first-order chi connectivity index (χ1) is 12.1. The Morgan fingerprint density at radius 3 is 2.80 bits per heavy atom. The highest BCUT2D eigenvalue weighted by Gasteiger charge is 2.25. The minimum Gasteiger partial charge on any atom is -0.467 e. The van der Waals surface area contributed by atoms with E-state index in [2.05, 4.69) is 6.58 Å². The molecule has 0 N–H and O–H groups in total. The van der Waals surface area contributed by atoms with Crippen molar-refractivity contribution < 1.29 is 18.7 Å². The van der Waals surface area contributed by atoms with Gasteiger partial charge in [0.25, 0.3) is 0 Å². The molecule has 1 aliphatic rings. The van der Waals surface area contributed by atoms with Crippen LogP contribution in [0.15, 0.2) is 35.5 Å². The topological polar surface area (TPSA) is 63.0 Å². The van der Waals surface area contributed by atoms with Crippen LogP contribution in [0.1, 0.15) is 25.0 Å². The molecule has 0 unspecified atom stereocenters. The van der Waals surface area contributed by atoms with Gasteiger partial charge in [-0.2, -0.15) is 0 Å². The zero-order valence-corrected chi connectivity index (χ0v) is 15.1. The number of ether oxygens (including phenoxy) is 1. The second-order valence-electron chi connectivity index (χ2n) is 5.99. The zero-order valence-electron chi connectivity index (χ0n) is 14.4. The van der Waals surface area contributed by atoms with E-state index in [0.29, 0.717) is 25.4 Å². The fraction of sp³-hybridized carbons (Fsp3) is 0.556. The summed E-state index contributed by atoms with van der Waals surface area (Å²) >= 11 is 5.65. The summed E-state index contributed by atoms with van der Waals surface area (Å²) in [5.74, 6) is 0.635. The number of hydrogen-bond acceptors (Lipinski definition) is 4. The van der Waals surface area contributed by atoms with Gasteiger partial charge in [0, 0.05) is 32.0 Å². The molecule has 1 fully saturated rings. The molecule has 0 bridgehead atoms. The summed E-state index contributed by atoms with van der Waals surface area (Å²) in [5, 5.41) is 0. The lowest BCUT2D eigenvalue weighted by molar-refractivity contribution is -0.141. The van der Waals surface area contributed by atoms with Crippen molar-refractivity contribution in [2.45, 2.75) is 31.9 Å². The van der Waals surface area contributed by atoms with E-state index in [1.54, 1.807) is 23.3 Å². The third kappa shape index (κ3) is 6.21. The van der Waals surface area contributed by atoms with Gasteiger partial charge in [-0.1, -0.05) is 6.08 Å². The van der Waals surface area contributed by atoms with Crippen LogP contribution in [0, 0.1) is 0 Å². The van der Waals surface area contributed by atoms with Gasteiger partial charge < -0.3 is 19.0 Å². The summed E-state index contributed by atoms with van der Waals surface area (Å²) in [5.41, 5.74) is 0. The van der Waals surface area contributed by atoms with Crippen molar-refractivity contribution in [3.05, 3.63) is 36.8 Å². The Morgan fingerprint density at radius 1 is 1.36 bits per heavy atom. The number of rotatable bonds is 10. The van der Waals surface area contributed by atoms with E-state index in [-0.39, 0.29) is 36.8 Å². The lowest BCUT2D eigenvalue weighted by Gasteiger charge is -2.28. The molecular formula is C18H25ClN2O4. The molecule has 25 heavy (non-hydrogen) atoms. The molecule has 1 aromatic heterocycles. The SMILES string of the molecule is C=CCN(CC(=O)N(Cc1ccco1)C[C@@H]1CCCO1)C(=O)CCCl. The monoisotopic (exact) mass is 368 g/mol. The van der Waals surface area contributed by atoms with Crippen LogP contribution < -0.4 is 0 Å². The van der Waals surface area contributed by atoms with E-state index in [0.717, 1.165) is 19.4 Å². The van der Waals surface area contributed by atoms with Crippen molar-refractivity contribution in [3.8, 4) is 0 Å². The predicted octanol–water partition coefficient (Wildman–Crippen LogP) is 2.43. The van der Waals surface area contributed by atoms with Gasteiger partial charge >= 0.3 is 0 Å². The number of amides is 2. The van der Waals surface area contributed by atoms with Gasteiger partial charge in [-0.25, -0.2) is 0 Å². The van der Waals surface area contributed by atoms with Crippen LogP contribution in [-0.4, -0.2) is 59.8 Å². The summed E-state index contributed by atoms with van der Waals surface area (Å²) < 4.78 is 11.0. The zero-order chi connectivity index (χ0) is 18.1. The van der Waals surface area contributed by atoms with E-state index >= 15 is 0 Å². The standard InChI is InChI=1S/C18H25ClN2O4/c1-2-9-20(17(22)7-8-19)14-18(23)21(12-15-5-3-10-24-15)13-16-6-4-11-25-16/h2-3,5,10,16H,1,4,6-9,11-14H2/t16-/m0/s1. The van der Waals surface area contributed by atoms with Gasteiger partial charge in [0.15, 0.2) is 0 Å². The van der Waals surface area contributed by atoms with Crippen molar-refractivity contribution in [1.82, 2.24) is 9.80 Å². The number of hydrogen-bond donors (Lipinski definition) is 0. The number of carbonyl (C=O) groups excluding carboxylic acids is 2. The molecule has 0 aliphatic carbocycles. The normalized spacial score (nSPS) is 16.6. The van der Waals surface area contributed by atoms with Crippen molar-refractivity contribution in [3.63, 3.8) is 0 Å². The molecule has 1 aliphatic heterocycles. The highest BCUT2D eigenvalue weighted by molar-refractivity contribution is 6.18. The molecule has 6 nitrogen and oxygen atoms in total. The Hall–Kier alpha value is -1.79. The molecule has 1 saturated heterocycles. The quantitative estimate of drug-likeness (QED) is 0.470. The third-order valence-corrected chi connectivity index (χ3v) is 4.25. The Bertz CT molecular complexity index is 555. The molecule has 0 spiro atoms. The van der Waals surface area contributed by atoms with Crippen molar-refractivity contribution in [2.75, 3.05) is 32.1 Å². The van der Waals surface area contributed by atoms with Gasteiger partial charge in [0.05, 0.1) is 18.9 Å². The lowest BCUT2D eigenvalue weighted by Crippen LogP contribution is -2.45. The number of nitrogens with zero attached hydrogens (tertiary/aromatic N) is 2. The highest BCUT2D eigenvalue weighted by Crippen LogP contribution is 2.16. The fourth-order valence-corrected chi connectivity index (χ4v) is 2.95. The Balaban J connectivity index is 2.03. The number of halogens is 1. The fourth-order valence-electron chi connectivity index (χ4n) is 2.79. The molecule has 0 radical (unpaired) electrons.